The second-order valence-electron chi connectivity index (χ2n) is 5.35. The molecule has 1 saturated heterocycles. The van der Waals surface area contributed by atoms with Crippen molar-refractivity contribution in [2.45, 2.75) is 6.92 Å². The lowest BCUT2D eigenvalue weighted by molar-refractivity contribution is -0.123. The molecule has 4 rings (SSSR count). The Morgan fingerprint density at radius 2 is 1.91 bits per heavy atom. The number of rotatable bonds is 1. The molecule has 2 aromatic rings. The number of likely N-dealkylation sites (N-methyl/N-ethyl adjacent to an activating group) is 1. The second-order valence-corrected chi connectivity index (χ2v) is 5.70. The van der Waals surface area contributed by atoms with Crippen LogP contribution in [-0.4, -0.2) is 29.6 Å². The monoisotopic (exact) mass is 326 g/mol. The zero-order valence-electron chi connectivity index (χ0n) is 12.7. The number of fused-ring (bicyclic) bond motifs is 3. The van der Waals surface area contributed by atoms with Gasteiger partial charge in [-0.25, -0.2) is 0 Å². The smallest absolute Gasteiger partial charge is 0.302 e. The van der Waals surface area contributed by atoms with Crippen LogP contribution in [0.1, 0.15) is 6.92 Å². The van der Waals surface area contributed by atoms with Gasteiger partial charge in [-0.05, 0) is 30.6 Å². The molecule has 1 amide bonds. The van der Waals surface area contributed by atoms with E-state index in [1.54, 1.807) is 0 Å². The van der Waals surface area contributed by atoms with Crippen molar-refractivity contribution < 1.29 is 14.3 Å². The largest absolute Gasteiger partial charge is 0.435 e. The fourth-order valence-corrected chi connectivity index (χ4v) is 3.23. The van der Waals surface area contributed by atoms with Gasteiger partial charge in [0, 0.05) is 19.0 Å². The topological polar surface area (TPSA) is 42.0 Å². The van der Waals surface area contributed by atoms with Crippen molar-refractivity contribution in [3.63, 3.8) is 0 Å². The van der Waals surface area contributed by atoms with Crippen LogP contribution < -0.4 is 9.64 Å². The van der Waals surface area contributed by atoms with E-state index in [4.69, 9.17) is 21.7 Å². The lowest BCUT2D eigenvalue weighted by atomic mass is 10.1. The molecule has 0 unspecified atom stereocenters. The standard InChI is InChI=1S/C17H14N2O3S/c1-3-19-15(20)14(22-17(19)23)16-18(2)13-11-7-5-4-6-10(11)8-9-12(13)21-16/h4-9H,3H2,1-2H3/b16-14+. The number of amides is 1. The van der Waals surface area contributed by atoms with Crippen molar-refractivity contribution in [3.8, 4) is 5.75 Å². The highest BCUT2D eigenvalue weighted by Gasteiger charge is 2.40. The van der Waals surface area contributed by atoms with E-state index < -0.39 is 0 Å². The van der Waals surface area contributed by atoms with Gasteiger partial charge in [-0.15, -0.1) is 0 Å². The van der Waals surface area contributed by atoms with Gasteiger partial charge in [-0.1, -0.05) is 30.3 Å². The predicted molar refractivity (Wildman–Crippen MR) is 91.1 cm³/mol. The van der Waals surface area contributed by atoms with Gasteiger partial charge in [0.1, 0.15) is 0 Å². The third-order valence-corrected chi connectivity index (χ3v) is 4.37. The number of benzene rings is 2. The molecule has 2 aliphatic heterocycles. The number of nitrogens with zero attached hydrogens (tertiary/aromatic N) is 2. The summed E-state index contributed by atoms with van der Waals surface area (Å²) in [6.07, 6.45) is 0. The van der Waals surface area contributed by atoms with Crippen LogP contribution in [0, 0.1) is 0 Å². The number of hydrogen-bond acceptors (Lipinski definition) is 5. The Bertz CT molecular complexity index is 891. The summed E-state index contributed by atoms with van der Waals surface area (Å²) in [5, 5.41) is 2.33. The van der Waals surface area contributed by atoms with Crippen LogP contribution in [0.15, 0.2) is 48.0 Å². The van der Waals surface area contributed by atoms with Crippen molar-refractivity contribution in [2.75, 3.05) is 18.5 Å². The fourth-order valence-electron chi connectivity index (χ4n) is 2.94. The van der Waals surface area contributed by atoms with Crippen molar-refractivity contribution in [1.29, 1.82) is 0 Å². The average Bonchev–Trinajstić information content (AvgIpc) is 3.04. The lowest BCUT2D eigenvalue weighted by Crippen LogP contribution is -2.29. The van der Waals surface area contributed by atoms with E-state index >= 15 is 0 Å². The van der Waals surface area contributed by atoms with E-state index in [0.29, 0.717) is 18.2 Å². The minimum Gasteiger partial charge on any atom is -0.435 e. The van der Waals surface area contributed by atoms with Gasteiger partial charge in [0.15, 0.2) is 5.75 Å². The molecule has 0 atom stereocenters. The maximum absolute atomic E-state index is 12.4. The molecule has 2 aliphatic rings. The van der Waals surface area contributed by atoms with Crippen LogP contribution >= 0.6 is 12.2 Å². The first kappa shape index (κ1) is 14.0. The minimum atomic E-state index is -0.267. The van der Waals surface area contributed by atoms with Gasteiger partial charge in [0.2, 0.25) is 5.88 Å². The molecule has 0 spiro atoms. The van der Waals surface area contributed by atoms with Gasteiger partial charge in [-0.2, -0.15) is 0 Å². The Balaban J connectivity index is 1.86. The Morgan fingerprint density at radius 3 is 2.65 bits per heavy atom. The number of ether oxygens (including phenoxy) is 2. The number of thiocarbonyl (C=S) groups is 1. The molecular formula is C17H14N2O3S. The Morgan fingerprint density at radius 1 is 1.13 bits per heavy atom. The normalized spacial score (nSPS) is 20.1. The SMILES string of the molecule is CCN1C(=O)/C(=C2\Oc3ccc4ccccc4c3N2C)OC1=S. The van der Waals surface area contributed by atoms with Crippen LogP contribution in [0.2, 0.25) is 0 Å². The van der Waals surface area contributed by atoms with Crippen molar-refractivity contribution in [3.05, 3.63) is 48.0 Å². The summed E-state index contributed by atoms with van der Waals surface area (Å²) >= 11 is 5.11. The Labute approximate surface area is 138 Å². The fraction of sp³-hybridized carbons (Fsp3) is 0.176. The van der Waals surface area contributed by atoms with Crippen LogP contribution in [0.4, 0.5) is 5.69 Å². The number of anilines is 1. The highest BCUT2D eigenvalue weighted by Crippen LogP contribution is 2.44. The third-order valence-electron chi connectivity index (χ3n) is 4.07. The van der Waals surface area contributed by atoms with Gasteiger partial charge in [-0.3, -0.25) is 9.69 Å². The third kappa shape index (κ3) is 1.91. The molecule has 116 valence electrons. The molecule has 6 heteroatoms. The van der Waals surface area contributed by atoms with E-state index in [1.807, 2.05) is 55.3 Å². The maximum Gasteiger partial charge on any atom is 0.302 e. The van der Waals surface area contributed by atoms with E-state index in [2.05, 4.69) is 0 Å². The molecular weight excluding hydrogens is 312 g/mol. The first-order valence-corrected chi connectivity index (χ1v) is 7.74. The summed E-state index contributed by atoms with van der Waals surface area (Å²) in [5.41, 5.74) is 0.919. The molecule has 1 fully saturated rings. The average molecular weight is 326 g/mol. The first-order valence-electron chi connectivity index (χ1n) is 7.33. The highest BCUT2D eigenvalue weighted by molar-refractivity contribution is 7.80. The molecule has 0 aromatic heterocycles. The van der Waals surface area contributed by atoms with Crippen LogP contribution in [0.3, 0.4) is 0 Å². The number of carbonyl (C=O) groups is 1. The Hall–Kier alpha value is -2.60. The molecule has 0 saturated carbocycles. The molecule has 0 bridgehead atoms. The van der Waals surface area contributed by atoms with E-state index in [9.17, 15) is 4.79 Å². The lowest BCUT2D eigenvalue weighted by Gasteiger charge is -2.13. The zero-order chi connectivity index (χ0) is 16.1. The maximum atomic E-state index is 12.4. The zero-order valence-corrected chi connectivity index (χ0v) is 13.5. The highest BCUT2D eigenvalue weighted by atomic mass is 32.1. The predicted octanol–water partition coefficient (Wildman–Crippen LogP) is 3.00. The van der Waals surface area contributed by atoms with Gasteiger partial charge in [0.25, 0.3) is 10.9 Å². The summed E-state index contributed by atoms with van der Waals surface area (Å²) in [6, 6.07) is 11.9. The summed E-state index contributed by atoms with van der Waals surface area (Å²) in [6.45, 7) is 2.32. The molecule has 2 heterocycles. The quantitative estimate of drug-likeness (QED) is 0.595. The van der Waals surface area contributed by atoms with E-state index in [1.165, 1.54) is 4.90 Å². The summed E-state index contributed by atoms with van der Waals surface area (Å²) in [4.78, 5) is 15.7. The van der Waals surface area contributed by atoms with Crippen molar-refractivity contribution >= 4 is 39.8 Å². The molecule has 5 nitrogen and oxygen atoms in total. The van der Waals surface area contributed by atoms with Crippen molar-refractivity contribution in [2.24, 2.45) is 0 Å². The Kier molecular flexibility index (Phi) is 3.02. The van der Waals surface area contributed by atoms with Gasteiger partial charge in [0.05, 0.1) is 5.69 Å². The van der Waals surface area contributed by atoms with Crippen molar-refractivity contribution in [1.82, 2.24) is 4.90 Å². The molecule has 23 heavy (non-hydrogen) atoms. The first-order chi connectivity index (χ1) is 11.1. The second kappa shape index (κ2) is 4.96. The molecule has 0 aliphatic carbocycles. The summed E-state index contributed by atoms with van der Waals surface area (Å²) in [7, 11) is 1.86. The van der Waals surface area contributed by atoms with Crippen LogP contribution in [0.25, 0.3) is 10.8 Å². The van der Waals surface area contributed by atoms with E-state index in [-0.39, 0.29) is 16.8 Å². The number of carbonyl (C=O) groups excluding carboxylic acids is 1. The summed E-state index contributed by atoms with van der Waals surface area (Å²) in [5.74, 6) is 0.946. The van der Waals surface area contributed by atoms with Gasteiger partial charge < -0.3 is 14.4 Å². The molecule has 2 aromatic carbocycles. The van der Waals surface area contributed by atoms with Gasteiger partial charge >= 0.3 is 5.91 Å². The molecule has 0 radical (unpaired) electrons. The van der Waals surface area contributed by atoms with E-state index in [0.717, 1.165) is 16.5 Å². The number of hydrogen-bond donors (Lipinski definition) is 0. The minimum absolute atomic E-state index is 0.139. The summed E-state index contributed by atoms with van der Waals surface area (Å²) < 4.78 is 11.4. The molecule has 0 N–H and O–H groups in total. The van der Waals surface area contributed by atoms with Crippen LogP contribution in [0.5, 0.6) is 5.75 Å². The van der Waals surface area contributed by atoms with Crippen LogP contribution in [-0.2, 0) is 9.53 Å².